The van der Waals surface area contributed by atoms with E-state index in [4.69, 9.17) is 18.9 Å². The molecule has 1 fully saturated rings. The molecule has 1 heterocycles. The lowest BCUT2D eigenvalue weighted by molar-refractivity contribution is -0.274. The molecule has 2 aromatic rings. The van der Waals surface area contributed by atoms with E-state index in [9.17, 15) is 0 Å². The van der Waals surface area contributed by atoms with Crippen LogP contribution in [-0.4, -0.2) is 31.7 Å². The molecule has 0 amide bonds. The van der Waals surface area contributed by atoms with Crippen molar-refractivity contribution in [2.45, 2.75) is 45.6 Å². The standard InChI is InChI=1S/C22H28O4/c1-3-23-22-21(25-15-19-12-8-5-9-13-19)17(2)20(16-26-22)24-14-18-10-6-4-7-11-18/h4-13,17,20-22H,3,14-16H2,1-2H3. The highest BCUT2D eigenvalue weighted by atomic mass is 16.7. The highest BCUT2D eigenvalue weighted by Crippen LogP contribution is 2.28. The van der Waals surface area contributed by atoms with Crippen LogP contribution in [0.1, 0.15) is 25.0 Å². The Hall–Kier alpha value is -1.72. The molecule has 4 nitrogen and oxygen atoms in total. The van der Waals surface area contributed by atoms with E-state index in [1.54, 1.807) is 0 Å². The number of rotatable bonds is 8. The Bertz CT molecular complexity index is 631. The van der Waals surface area contributed by atoms with Crippen LogP contribution in [0.4, 0.5) is 0 Å². The fourth-order valence-corrected chi connectivity index (χ4v) is 3.18. The van der Waals surface area contributed by atoms with E-state index in [0.29, 0.717) is 26.4 Å². The summed E-state index contributed by atoms with van der Waals surface area (Å²) < 4.78 is 24.0. The molecule has 4 atom stereocenters. The van der Waals surface area contributed by atoms with Crippen molar-refractivity contribution in [3.8, 4) is 0 Å². The van der Waals surface area contributed by atoms with Gasteiger partial charge in [0.1, 0.15) is 6.10 Å². The van der Waals surface area contributed by atoms with Crippen molar-refractivity contribution in [1.82, 2.24) is 0 Å². The Balaban J connectivity index is 1.60. The van der Waals surface area contributed by atoms with Crippen LogP contribution in [-0.2, 0) is 32.2 Å². The van der Waals surface area contributed by atoms with E-state index in [-0.39, 0.29) is 24.4 Å². The summed E-state index contributed by atoms with van der Waals surface area (Å²) in [5.74, 6) is 0.174. The largest absolute Gasteiger partial charge is 0.371 e. The zero-order valence-electron chi connectivity index (χ0n) is 15.5. The third-order valence-corrected chi connectivity index (χ3v) is 4.72. The number of hydrogen-bond acceptors (Lipinski definition) is 4. The summed E-state index contributed by atoms with van der Waals surface area (Å²) in [4.78, 5) is 0. The van der Waals surface area contributed by atoms with Gasteiger partial charge in [0.05, 0.1) is 25.9 Å². The van der Waals surface area contributed by atoms with Crippen molar-refractivity contribution in [3.63, 3.8) is 0 Å². The number of hydrogen-bond donors (Lipinski definition) is 0. The molecule has 0 spiro atoms. The number of ether oxygens (including phenoxy) is 4. The topological polar surface area (TPSA) is 36.9 Å². The summed E-state index contributed by atoms with van der Waals surface area (Å²) in [6.07, 6.45) is -0.535. The smallest absolute Gasteiger partial charge is 0.184 e. The lowest BCUT2D eigenvalue weighted by Crippen LogP contribution is -2.51. The predicted octanol–water partition coefficient (Wildman–Crippen LogP) is 4.19. The van der Waals surface area contributed by atoms with E-state index < -0.39 is 0 Å². The highest BCUT2D eigenvalue weighted by molar-refractivity contribution is 5.14. The molecular formula is C22H28O4. The van der Waals surface area contributed by atoms with Gasteiger partial charge in [0.25, 0.3) is 0 Å². The molecular weight excluding hydrogens is 328 g/mol. The summed E-state index contributed by atoms with van der Waals surface area (Å²) in [5, 5.41) is 0. The average molecular weight is 356 g/mol. The fourth-order valence-electron chi connectivity index (χ4n) is 3.18. The van der Waals surface area contributed by atoms with Gasteiger partial charge in [0.15, 0.2) is 6.29 Å². The van der Waals surface area contributed by atoms with Crippen molar-refractivity contribution in [2.75, 3.05) is 13.2 Å². The zero-order valence-corrected chi connectivity index (χ0v) is 15.5. The molecule has 1 aliphatic rings. The van der Waals surface area contributed by atoms with E-state index in [1.807, 2.05) is 43.3 Å². The van der Waals surface area contributed by atoms with E-state index in [1.165, 1.54) is 0 Å². The molecule has 0 bridgehead atoms. The third kappa shape index (κ3) is 5.15. The Morgan fingerprint density at radius 2 is 1.42 bits per heavy atom. The number of benzene rings is 2. The Morgan fingerprint density at radius 3 is 2.00 bits per heavy atom. The molecule has 0 aromatic heterocycles. The first-order chi connectivity index (χ1) is 12.8. The van der Waals surface area contributed by atoms with Crippen molar-refractivity contribution >= 4 is 0 Å². The van der Waals surface area contributed by atoms with Crippen LogP contribution >= 0.6 is 0 Å². The first-order valence-electron chi connectivity index (χ1n) is 9.32. The molecule has 0 aliphatic carbocycles. The molecule has 140 valence electrons. The van der Waals surface area contributed by atoms with Gasteiger partial charge in [-0.25, -0.2) is 0 Å². The maximum Gasteiger partial charge on any atom is 0.184 e. The van der Waals surface area contributed by atoms with Crippen molar-refractivity contribution in [2.24, 2.45) is 5.92 Å². The van der Waals surface area contributed by atoms with Gasteiger partial charge >= 0.3 is 0 Å². The van der Waals surface area contributed by atoms with E-state index in [2.05, 4.69) is 31.2 Å². The Morgan fingerprint density at radius 1 is 0.846 bits per heavy atom. The lowest BCUT2D eigenvalue weighted by Gasteiger charge is -2.40. The normalized spacial score (nSPS) is 25.9. The van der Waals surface area contributed by atoms with Gasteiger partial charge in [0.2, 0.25) is 0 Å². The summed E-state index contributed by atoms with van der Waals surface area (Å²) in [7, 11) is 0. The van der Waals surface area contributed by atoms with E-state index >= 15 is 0 Å². The summed E-state index contributed by atoms with van der Waals surface area (Å²) in [6, 6.07) is 20.4. The second kappa shape index (κ2) is 9.83. The van der Waals surface area contributed by atoms with Crippen LogP contribution in [0.2, 0.25) is 0 Å². The third-order valence-electron chi connectivity index (χ3n) is 4.72. The molecule has 0 N–H and O–H groups in total. The average Bonchev–Trinajstić information content (AvgIpc) is 2.69. The zero-order chi connectivity index (χ0) is 18.2. The predicted molar refractivity (Wildman–Crippen MR) is 101 cm³/mol. The summed E-state index contributed by atoms with van der Waals surface area (Å²) in [5.41, 5.74) is 2.30. The van der Waals surface area contributed by atoms with Gasteiger partial charge < -0.3 is 18.9 Å². The van der Waals surface area contributed by atoms with Crippen LogP contribution in [0.3, 0.4) is 0 Å². The molecule has 0 saturated carbocycles. The molecule has 3 rings (SSSR count). The van der Waals surface area contributed by atoms with E-state index in [0.717, 1.165) is 11.1 Å². The monoisotopic (exact) mass is 356 g/mol. The minimum absolute atomic E-state index is 0.0207. The van der Waals surface area contributed by atoms with Gasteiger partial charge in [-0.05, 0) is 18.1 Å². The molecule has 4 unspecified atom stereocenters. The summed E-state index contributed by atoms with van der Waals surface area (Å²) in [6.45, 7) is 6.35. The minimum atomic E-state index is -0.352. The first kappa shape index (κ1) is 19.1. The van der Waals surface area contributed by atoms with Crippen LogP contribution in [0.15, 0.2) is 60.7 Å². The Labute approximate surface area is 156 Å². The van der Waals surface area contributed by atoms with Crippen LogP contribution < -0.4 is 0 Å². The van der Waals surface area contributed by atoms with Crippen molar-refractivity contribution in [3.05, 3.63) is 71.8 Å². The molecule has 0 radical (unpaired) electrons. The van der Waals surface area contributed by atoms with Crippen LogP contribution in [0.5, 0.6) is 0 Å². The quantitative estimate of drug-likeness (QED) is 0.711. The van der Waals surface area contributed by atoms with Gasteiger partial charge in [-0.1, -0.05) is 67.6 Å². The van der Waals surface area contributed by atoms with Gasteiger partial charge in [-0.3, -0.25) is 0 Å². The molecule has 4 heteroatoms. The fraction of sp³-hybridized carbons (Fsp3) is 0.455. The minimum Gasteiger partial charge on any atom is -0.371 e. The maximum absolute atomic E-state index is 6.20. The lowest BCUT2D eigenvalue weighted by atomic mass is 9.95. The summed E-state index contributed by atoms with van der Waals surface area (Å²) >= 11 is 0. The van der Waals surface area contributed by atoms with Crippen molar-refractivity contribution in [1.29, 1.82) is 0 Å². The van der Waals surface area contributed by atoms with Crippen LogP contribution in [0, 0.1) is 5.92 Å². The van der Waals surface area contributed by atoms with Gasteiger partial charge in [-0.15, -0.1) is 0 Å². The molecule has 2 aromatic carbocycles. The van der Waals surface area contributed by atoms with Crippen LogP contribution in [0.25, 0.3) is 0 Å². The van der Waals surface area contributed by atoms with Gasteiger partial charge in [0, 0.05) is 12.5 Å². The SMILES string of the molecule is CCOC1OCC(OCc2ccccc2)C(C)C1OCc1ccccc1. The molecule has 1 saturated heterocycles. The van der Waals surface area contributed by atoms with Crippen molar-refractivity contribution < 1.29 is 18.9 Å². The second-order valence-electron chi connectivity index (χ2n) is 6.61. The first-order valence-corrected chi connectivity index (χ1v) is 9.32. The van der Waals surface area contributed by atoms with Gasteiger partial charge in [-0.2, -0.15) is 0 Å². The maximum atomic E-state index is 6.20. The molecule has 1 aliphatic heterocycles. The Kier molecular flexibility index (Phi) is 7.21. The highest BCUT2D eigenvalue weighted by Gasteiger charge is 2.39. The second-order valence-corrected chi connectivity index (χ2v) is 6.61. The molecule has 26 heavy (non-hydrogen) atoms.